The van der Waals surface area contributed by atoms with E-state index < -0.39 is 11.9 Å². The van der Waals surface area contributed by atoms with Crippen molar-refractivity contribution < 1.29 is 19.4 Å². The maximum atomic E-state index is 10.7. The first-order valence-corrected chi connectivity index (χ1v) is 4.34. The van der Waals surface area contributed by atoms with Gasteiger partial charge >= 0.3 is 11.9 Å². The second-order valence-corrected chi connectivity index (χ2v) is 3.02. The standard InChI is InChI=1S/C10H11NO4/c1-6-9(10(13)14)4-3-8(11-6)5-15-7(2)12/h3-4H,5H2,1-2H3,(H,13,14). The van der Waals surface area contributed by atoms with Gasteiger partial charge in [0.05, 0.1) is 17.0 Å². The fourth-order valence-electron chi connectivity index (χ4n) is 1.10. The lowest BCUT2D eigenvalue weighted by Crippen LogP contribution is -2.06. The second kappa shape index (κ2) is 4.54. The van der Waals surface area contributed by atoms with Crippen LogP contribution in [-0.4, -0.2) is 22.0 Å². The molecule has 0 atom stereocenters. The van der Waals surface area contributed by atoms with E-state index in [0.717, 1.165) is 0 Å². The first kappa shape index (κ1) is 11.2. The second-order valence-electron chi connectivity index (χ2n) is 3.02. The number of nitrogens with zero attached hydrogens (tertiary/aromatic N) is 1. The minimum absolute atomic E-state index is 0.0655. The fraction of sp³-hybridized carbons (Fsp3) is 0.300. The van der Waals surface area contributed by atoms with Gasteiger partial charge in [0.1, 0.15) is 6.61 Å². The summed E-state index contributed by atoms with van der Waals surface area (Å²) in [6, 6.07) is 2.98. The summed E-state index contributed by atoms with van der Waals surface area (Å²) < 4.78 is 4.73. The summed E-state index contributed by atoms with van der Waals surface area (Å²) >= 11 is 0. The van der Waals surface area contributed by atoms with Crippen LogP contribution in [0.25, 0.3) is 0 Å². The molecule has 0 aliphatic heterocycles. The Morgan fingerprint density at radius 3 is 2.60 bits per heavy atom. The molecular weight excluding hydrogens is 198 g/mol. The minimum Gasteiger partial charge on any atom is -0.478 e. The van der Waals surface area contributed by atoms with Gasteiger partial charge in [0.15, 0.2) is 0 Å². The van der Waals surface area contributed by atoms with E-state index in [-0.39, 0.29) is 12.2 Å². The molecule has 1 rings (SSSR count). The maximum Gasteiger partial charge on any atom is 0.337 e. The summed E-state index contributed by atoms with van der Waals surface area (Å²) in [6.07, 6.45) is 0. The highest BCUT2D eigenvalue weighted by molar-refractivity contribution is 5.88. The van der Waals surface area contributed by atoms with E-state index >= 15 is 0 Å². The number of carboxylic acids is 1. The number of carboxylic acid groups (broad SMARTS) is 1. The number of hydrogen-bond donors (Lipinski definition) is 1. The highest BCUT2D eigenvalue weighted by Gasteiger charge is 2.08. The van der Waals surface area contributed by atoms with Crippen LogP contribution in [0.3, 0.4) is 0 Å². The predicted octanol–water partition coefficient (Wildman–Crippen LogP) is 1.15. The third-order valence-corrected chi connectivity index (χ3v) is 1.80. The molecule has 0 fully saturated rings. The highest BCUT2D eigenvalue weighted by Crippen LogP contribution is 2.07. The van der Waals surface area contributed by atoms with Crippen molar-refractivity contribution in [3.8, 4) is 0 Å². The average molecular weight is 209 g/mol. The van der Waals surface area contributed by atoms with E-state index in [2.05, 4.69) is 4.98 Å². The first-order valence-electron chi connectivity index (χ1n) is 4.34. The molecule has 0 radical (unpaired) electrons. The zero-order valence-corrected chi connectivity index (χ0v) is 8.48. The summed E-state index contributed by atoms with van der Waals surface area (Å²) in [5.41, 5.74) is 1.10. The highest BCUT2D eigenvalue weighted by atomic mass is 16.5. The van der Waals surface area contributed by atoms with Gasteiger partial charge in [-0.3, -0.25) is 9.78 Å². The average Bonchev–Trinajstić information content (AvgIpc) is 2.14. The molecule has 0 saturated carbocycles. The Kier molecular flexibility index (Phi) is 3.38. The van der Waals surface area contributed by atoms with E-state index in [9.17, 15) is 9.59 Å². The molecule has 0 aliphatic carbocycles. The number of rotatable bonds is 3. The van der Waals surface area contributed by atoms with Crippen molar-refractivity contribution in [2.45, 2.75) is 20.5 Å². The monoisotopic (exact) mass is 209 g/mol. The quantitative estimate of drug-likeness (QED) is 0.755. The summed E-state index contributed by atoms with van der Waals surface area (Å²) in [6.45, 7) is 2.97. The number of ether oxygens (including phenoxy) is 1. The third-order valence-electron chi connectivity index (χ3n) is 1.80. The molecule has 80 valence electrons. The van der Waals surface area contributed by atoms with Crippen molar-refractivity contribution in [2.24, 2.45) is 0 Å². The molecule has 0 saturated heterocycles. The lowest BCUT2D eigenvalue weighted by molar-refractivity contribution is -0.142. The number of aromatic nitrogens is 1. The van der Waals surface area contributed by atoms with E-state index in [1.54, 1.807) is 6.92 Å². The zero-order valence-electron chi connectivity index (χ0n) is 8.48. The van der Waals surface area contributed by atoms with Crippen LogP contribution in [0.1, 0.15) is 28.7 Å². The van der Waals surface area contributed by atoms with E-state index in [1.165, 1.54) is 19.1 Å². The number of aromatic carboxylic acids is 1. The molecule has 1 aromatic heterocycles. The van der Waals surface area contributed by atoms with Crippen molar-refractivity contribution in [3.05, 3.63) is 29.1 Å². The van der Waals surface area contributed by atoms with Gasteiger partial charge in [-0.15, -0.1) is 0 Å². The van der Waals surface area contributed by atoms with Gasteiger partial charge in [0, 0.05) is 6.92 Å². The van der Waals surface area contributed by atoms with Crippen LogP contribution in [0.2, 0.25) is 0 Å². The Bertz CT molecular complexity index is 400. The van der Waals surface area contributed by atoms with E-state index in [4.69, 9.17) is 9.84 Å². The van der Waals surface area contributed by atoms with Crippen molar-refractivity contribution in [1.82, 2.24) is 4.98 Å². The molecule has 0 unspecified atom stereocenters. The van der Waals surface area contributed by atoms with Crippen LogP contribution in [0, 0.1) is 6.92 Å². The van der Waals surface area contributed by atoms with Gasteiger partial charge in [-0.25, -0.2) is 4.79 Å². The van der Waals surface area contributed by atoms with Crippen molar-refractivity contribution in [3.63, 3.8) is 0 Å². The number of esters is 1. The number of hydrogen-bond acceptors (Lipinski definition) is 4. The molecule has 5 heteroatoms. The number of aryl methyl sites for hydroxylation is 1. The molecule has 0 aromatic carbocycles. The van der Waals surface area contributed by atoms with E-state index in [1.807, 2.05) is 0 Å². The molecular formula is C10H11NO4. The molecule has 0 spiro atoms. The van der Waals surface area contributed by atoms with Crippen LogP contribution in [0.5, 0.6) is 0 Å². The zero-order chi connectivity index (χ0) is 11.4. The molecule has 1 heterocycles. The molecule has 0 bridgehead atoms. The van der Waals surface area contributed by atoms with E-state index in [0.29, 0.717) is 11.4 Å². The van der Waals surface area contributed by atoms with Crippen LogP contribution < -0.4 is 0 Å². The molecule has 1 N–H and O–H groups in total. The van der Waals surface area contributed by atoms with Gasteiger partial charge in [-0.05, 0) is 19.1 Å². The van der Waals surface area contributed by atoms with Crippen LogP contribution >= 0.6 is 0 Å². The SMILES string of the molecule is CC(=O)OCc1ccc(C(=O)O)c(C)n1. The fourth-order valence-corrected chi connectivity index (χ4v) is 1.10. The lowest BCUT2D eigenvalue weighted by atomic mass is 10.2. The summed E-state index contributed by atoms with van der Waals surface area (Å²) in [5.74, 6) is -1.41. The summed E-state index contributed by atoms with van der Waals surface area (Å²) in [5, 5.41) is 8.75. The lowest BCUT2D eigenvalue weighted by Gasteiger charge is -2.04. The molecule has 5 nitrogen and oxygen atoms in total. The smallest absolute Gasteiger partial charge is 0.337 e. The predicted molar refractivity (Wildman–Crippen MR) is 51.4 cm³/mol. The third kappa shape index (κ3) is 3.05. The van der Waals surface area contributed by atoms with Crippen LogP contribution in [-0.2, 0) is 16.1 Å². The summed E-state index contributed by atoms with van der Waals surface area (Å²) in [4.78, 5) is 25.2. The normalized spacial score (nSPS) is 9.73. The summed E-state index contributed by atoms with van der Waals surface area (Å²) in [7, 11) is 0. The van der Waals surface area contributed by atoms with Crippen LogP contribution in [0.4, 0.5) is 0 Å². The number of carbonyl (C=O) groups excluding carboxylic acids is 1. The van der Waals surface area contributed by atoms with Crippen molar-refractivity contribution >= 4 is 11.9 Å². The molecule has 1 aromatic rings. The Morgan fingerprint density at radius 1 is 1.47 bits per heavy atom. The first-order chi connectivity index (χ1) is 7.00. The van der Waals surface area contributed by atoms with Crippen molar-refractivity contribution in [2.75, 3.05) is 0 Å². The maximum absolute atomic E-state index is 10.7. The Hall–Kier alpha value is -1.91. The Labute approximate surface area is 86.7 Å². The topological polar surface area (TPSA) is 76.5 Å². The van der Waals surface area contributed by atoms with Gasteiger partial charge in [-0.1, -0.05) is 0 Å². The van der Waals surface area contributed by atoms with Gasteiger partial charge in [-0.2, -0.15) is 0 Å². The molecule has 0 amide bonds. The Morgan fingerprint density at radius 2 is 2.13 bits per heavy atom. The van der Waals surface area contributed by atoms with Gasteiger partial charge in [0.2, 0.25) is 0 Å². The number of carbonyl (C=O) groups is 2. The van der Waals surface area contributed by atoms with Gasteiger partial charge < -0.3 is 9.84 Å². The Balaban J connectivity index is 2.82. The number of pyridine rings is 1. The minimum atomic E-state index is -1.01. The van der Waals surface area contributed by atoms with Crippen LogP contribution in [0.15, 0.2) is 12.1 Å². The van der Waals surface area contributed by atoms with Gasteiger partial charge in [0.25, 0.3) is 0 Å². The largest absolute Gasteiger partial charge is 0.478 e. The van der Waals surface area contributed by atoms with Crippen molar-refractivity contribution in [1.29, 1.82) is 0 Å². The molecule has 15 heavy (non-hydrogen) atoms. The molecule has 0 aliphatic rings.